The monoisotopic (exact) mass is 430 g/mol. The van der Waals surface area contributed by atoms with Crippen molar-refractivity contribution in [1.29, 1.82) is 0 Å². The highest BCUT2D eigenvalue weighted by atomic mass is 32.1. The fraction of sp³-hybridized carbons (Fsp3) is 0. The van der Waals surface area contributed by atoms with E-state index in [1.165, 1.54) is 28.5 Å². The molecule has 0 saturated heterocycles. The number of nitrogens with one attached hydrogen (secondary N) is 1. The zero-order chi connectivity index (χ0) is 21.2. The van der Waals surface area contributed by atoms with Crippen molar-refractivity contribution < 1.29 is 9.18 Å². The molecule has 3 heterocycles. The highest BCUT2D eigenvalue weighted by Gasteiger charge is 2.21. The van der Waals surface area contributed by atoms with Gasteiger partial charge in [-0.25, -0.2) is 9.07 Å². The molecule has 0 spiro atoms. The number of aromatic nitrogens is 5. The SMILES string of the molecule is O=C(Nc1ccc(-c2csnn2)cc1)c1cnn(-c2ccccc2F)c1-n1cccc1. The number of anilines is 1. The van der Waals surface area contributed by atoms with Gasteiger partial charge in [-0.1, -0.05) is 28.8 Å². The Morgan fingerprint density at radius 3 is 2.48 bits per heavy atom. The second-order valence-electron chi connectivity index (χ2n) is 6.66. The third kappa shape index (κ3) is 3.62. The van der Waals surface area contributed by atoms with Gasteiger partial charge in [0.05, 0.1) is 6.20 Å². The molecule has 0 radical (unpaired) electrons. The van der Waals surface area contributed by atoms with E-state index >= 15 is 0 Å². The summed E-state index contributed by atoms with van der Waals surface area (Å²) in [5, 5.41) is 13.1. The number of carbonyl (C=O) groups excluding carboxylic acids is 1. The summed E-state index contributed by atoms with van der Waals surface area (Å²) in [6, 6.07) is 17.3. The number of hydrogen-bond acceptors (Lipinski definition) is 5. The Hall–Kier alpha value is -4.11. The molecule has 9 heteroatoms. The summed E-state index contributed by atoms with van der Waals surface area (Å²) in [5.74, 6) is -0.342. The van der Waals surface area contributed by atoms with Gasteiger partial charge in [0, 0.05) is 29.0 Å². The molecule has 152 valence electrons. The van der Waals surface area contributed by atoms with Gasteiger partial charge < -0.3 is 9.88 Å². The smallest absolute Gasteiger partial charge is 0.261 e. The van der Waals surface area contributed by atoms with Crippen LogP contribution in [-0.2, 0) is 0 Å². The molecular weight excluding hydrogens is 415 g/mol. The number of para-hydroxylation sites is 1. The van der Waals surface area contributed by atoms with E-state index in [0.29, 0.717) is 17.1 Å². The van der Waals surface area contributed by atoms with Crippen molar-refractivity contribution in [3.8, 4) is 22.8 Å². The van der Waals surface area contributed by atoms with E-state index in [1.807, 2.05) is 29.6 Å². The number of halogens is 1. The molecule has 0 aliphatic heterocycles. The summed E-state index contributed by atoms with van der Waals surface area (Å²) in [6.07, 6.45) is 5.00. The fourth-order valence-corrected chi connectivity index (χ4v) is 3.70. The van der Waals surface area contributed by atoms with Crippen LogP contribution in [0.1, 0.15) is 10.4 Å². The minimum Gasteiger partial charge on any atom is -0.322 e. The number of rotatable bonds is 5. The molecule has 0 aliphatic carbocycles. The predicted octanol–water partition coefficient (Wildman–Crippen LogP) is 4.57. The van der Waals surface area contributed by atoms with Gasteiger partial charge in [-0.3, -0.25) is 4.79 Å². The van der Waals surface area contributed by atoms with E-state index in [0.717, 1.165) is 11.3 Å². The van der Waals surface area contributed by atoms with E-state index < -0.39 is 5.82 Å². The predicted molar refractivity (Wildman–Crippen MR) is 116 cm³/mol. The first-order chi connectivity index (χ1) is 15.2. The quantitative estimate of drug-likeness (QED) is 0.443. The molecule has 3 aromatic heterocycles. The van der Waals surface area contributed by atoms with E-state index in [9.17, 15) is 9.18 Å². The lowest BCUT2D eigenvalue weighted by atomic mass is 10.1. The van der Waals surface area contributed by atoms with Gasteiger partial charge in [0.25, 0.3) is 5.91 Å². The molecule has 2 aromatic carbocycles. The Morgan fingerprint density at radius 1 is 1.00 bits per heavy atom. The van der Waals surface area contributed by atoms with Crippen molar-refractivity contribution in [3.63, 3.8) is 0 Å². The van der Waals surface area contributed by atoms with E-state index in [2.05, 4.69) is 20.0 Å². The molecule has 0 atom stereocenters. The van der Waals surface area contributed by atoms with Crippen LogP contribution in [0.2, 0.25) is 0 Å². The van der Waals surface area contributed by atoms with Gasteiger partial charge in [-0.05, 0) is 47.9 Å². The lowest BCUT2D eigenvalue weighted by molar-refractivity contribution is 0.102. The summed E-state index contributed by atoms with van der Waals surface area (Å²) >= 11 is 1.28. The number of carbonyl (C=O) groups is 1. The molecule has 31 heavy (non-hydrogen) atoms. The number of nitrogens with zero attached hydrogens (tertiary/aromatic N) is 5. The van der Waals surface area contributed by atoms with Gasteiger partial charge in [-0.15, -0.1) is 5.10 Å². The van der Waals surface area contributed by atoms with Crippen LogP contribution in [0.15, 0.2) is 84.6 Å². The van der Waals surface area contributed by atoms with Crippen LogP contribution in [0.4, 0.5) is 10.1 Å². The lowest BCUT2D eigenvalue weighted by Crippen LogP contribution is -2.15. The maximum atomic E-state index is 14.4. The zero-order valence-corrected chi connectivity index (χ0v) is 16.8. The normalized spacial score (nSPS) is 10.9. The molecule has 1 amide bonds. The molecule has 0 bridgehead atoms. The molecular formula is C22H15FN6OS. The summed E-state index contributed by atoms with van der Waals surface area (Å²) in [6.45, 7) is 0. The van der Waals surface area contributed by atoms with Gasteiger partial charge in [-0.2, -0.15) is 5.10 Å². The van der Waals surface area contributed by atoms with Crippen LogP contribution in [0, 0.1) is 5.82 Å². The molecule has 0 aliphatic rings. The summed E-state index contributed by atoms with van der Waals surface area (Å²) in [7, 11) is 0. The Balaban J connectivity index is 1.49. The van der Waals surface area contributed by atoms with Gasteiger partial charge in [0.2, 0.25) is 0 Å². The molecule has 0 unspecified atom stereocenters. The average molecular weight is 430 g/mol. The largest absolute Gasteiger partial charge is 0.322 e. The van der Waals surface area contributed by atoms with Crippen molar-refractivity contribution in [2.45, 2.75) is 0 Å². The lowest BCUT2D eigenvalue weighted by Gasteiger charge is -2.12. The highest BCUT2D eigenvalue weighted by Crippen LogP contribution is 2.24. The van der Waals surface area contributed by atoms with Crippen molar-refractivity contribution >= 4 is 23.1 Å². The minimum absolute atomic E-state index is 0.256. The molecule has 0 fully saturated rings. The van der Waals surface area contributed by atoms with Crippen LogP contribution in [0.25, 0.3) is 22.8 Å². The van der Waals surface area contributed by atoms with E-state index in [-0.39, 0.29) is 11.6 Å². The first kappa shape index (κ1) is 18.9. The average Bonchev–Trinajstić information content (AvgIpc) is 3.55. The standard InChI is InChI=1S/C22H15FN6OS/c23-18-5-1-2-6-20(18)29-22(28-11-3-4-12-28)17(13-24-29)21(30)25-16-9-7-15(8-10-16)19-14-31-27-26-19/h1-14H,(H,25,30). The van der Waals surface area contributed by atoms with Crippen LogP contribution >= 0.6 is 11.5 Å². The first-order valence-corrected chi connectivity index (χ1v) is 10.2. The van der Waals surface area contributed by atoms with Gasteiger partial charge in [0.1, 0.15) is 22.8 Å². The second-order valence-corrected chi connectivity index (χ2v) is 7.27. The van der Waals surface area contributed by atoms with Crippen molar-refractivity contribution in [2.24, 2.45) is 0 Å². The van der Waals surface area contributed by atoms with Crippen LogP contribution in [-0.4, -0.2) is 29.8 Å². The van der Waals surface area contributed by atoms with Crippen LogP contribution < -0.4 is 5.32 Å². The maximum Gasteiger partial charge on any atom is 0.261 e. The zero-order valence-electron chi connectivity index (χ0n) is 16.0. The number of amides is 1. The van der Waals surface area contributed by atoms with Crippen molar-refractivity contribution in [1.82, 2.24) is 23.9 Å². The Kier molecular flexibility index (Phi) is 4.85. The van der Waals surface area contributed by atoms with Gasteiger partial charge in [0.15, 0.2) is 5.82 Å². The Morgan fingerprint density at radius 2 is 1.77 bits per heavy atom. The van der Waals surface area contributed by atoms with Crippen molar-refractivity contribution in [3.05, 3.63) is 96.0 Å². The number of hydrogen-bond donors (Lipinski definition) is 1. The highest BCUT2D eigenvalue weighted by molar-refractivity contribution is 7.03. The summed E-state index contributed by atoms with van der Waals surface area (Å²) < 4.78 is 21.4. The second kappa shape index (κ2) is 7.96. The van der Waals surface area contributed by atoms with Gasteiger partial charge >= 0.3 is 0 Å². The molecule has 7 nitrogen and oxygen atoms in total. The molecule has 5 rings (SSSR count). The summed E-state index contributed by atoms with van der Waals surface area (Å²) in [5.41, 5.74) is 2.88. The van der Waals surface area contributed by atoms with E-state index in [4.69, 9.17) is 0 Å². The third-order valence-electron chi connectivity index (χ3n) is 4.72. The molecule has 0 saturated carbocycles. The van der Waals surface area contributed by atoms with Crippen LogP contribution in [0.5, 0.6) is 0 Å². The first-order valence-electron chi connectivity index (χ1n) is 9.36. The topological polar surface area (TPSA) is 77.6 Å². The molecule has 1 N–H and O–H groups in total. The molecule has 5 aromatic rings. The van der Waals surface area contributed by atoms with Crippen molar-refractivity contribution in [2.75, 3.05) is 5.32 Å². The summed E-state index contributed by atoms with van der Waals surface area (Å²) in [4.78, 5) is 13.1. The fourth-order valence-electron chi connectivity index (χ4n) is 3.24. The maximum absolute atomic E-state index is 14.4. The Labute approximate surface area is 180 Å². The minimum atomic E-state index is -0.432. The van der Waals surface area contributed by atoms with E-state index in [1.54, 1.807) is 47.3 Å². The Bertz CT molecular complexity index is 1330. The third-order valence-corrected chi connectivity index (χ3v) is 5.22. The number of benzene rings is 2. The van der Waals surface area contributed by atoms with Crippen LogP contribution in [0.3, 0.4) is 0 Å².